The van der Waals surface area contributed by atoms with E-state index >= 15 is 0 Å². The van der Waals surface area contributed by atoms with Crippen LogP contribution in [-0.2, 0) is 22.2 Å². The molecule has 8 nitrogen and oxygen atoms in total. The Kier molecular flexibility index (Phi) is 6.02. The molecule has 4 heterocycles. The molecule has 0 radical (unpaired) electrons. The van der Waals surface area contributed by atoms with Crippen LogP contribution in [-0.4, -0.2) is 83.4 Å². The number of hydrogen-bond acceptors (Lipinski definition) is 6. The predicted molar refractivity (Wildman–Crippen MR) is 123 cm³/mol. The largest absolute Gasteiger partial charge is 0.416 e. The fourth-order valence-electron chi connectivity index (χ4n) is 5.40. The van der Waals surface area contributed by atoms with Crippen molar-refractivity contribution in [1.29, 1.82) is 0 Å². The highest BCUT2D eigenvalue weighted by Crippen LogP contribution is 2.40. The Morgan fingerprint density at radius 1 is 0.971 bits per heavy atom. The maximum Gasteiger partial charge on any atom is 0.416 e. The molecule has 11 heteroatoms. The van der Waals surface area contributed by atoms with Crippen LogP contribution in [0.4, 0.5) is 24.8 Å². The Bertz CT molecular complexity index is 1100. The number of hydrogen-bond donors (Lipinski definition) is 0. The number of rotatable bonds is 2. The lowest BCUT2D eigenvalue weighted by Gasteiger charge is -2.50. The molecule has 2 saturated heterocycles. The summed E-state index contributed by atoms with van der Waals surface area (Å²) in [5.41, 5.74) is 0.593. The van der Waals surface area contributed by atoms with Gasteiger partial charge in [0.1, 0.15) is 0 Å². The normalized spacial score (nSPS) is 22.5. The zero-order chi connectivity index (χ0) is 24.7. The number of benzene rings is 1. The number of halogens is 3. The van der Waals surface area contributed by atoms with Crippen LogP contribution in [0.1, 0.15) is 18.1 Å². The van der Waals surface area contributed by atoms with Crippen molar-refractivity contribution in [1.82, 2.24) is 19.8 Å². The van der Waals surface area contributed by atoms with Gasteiger partial charge >= 0.3 is 6.18 Å². The molecule has 1 aromatic carbocycles. The lowest BCUT2D eigenvalue weighted by Crippen LogP contribution is -2.62. The Hall–Kier alpha value is -3.37. The molecule has 0 spiro atoms. The van der Waals surface area contributed by atoms with E-state index in [0.29, 0.717) is 57.3 Å². The van der Waals surface area contributed by atoms with E-state index in [2.05, 4.69) is 14.9 Å². The smallest absolute Gasteiger partial charge is 0.364 e. The van der Waals surface area contributed by atoms with Crippen LogP contribution in [0, 0.1) is 5.92 Å². The number of nitrogens with zero attached hydrogens (tertiary/aromatic N) is 6. The van der Waals surface area contributed by atoms with Gasteiger partial charge in [0.2, 0.25) is 17.8 Å². The van der Waals surface area contributed by atoms with E-state index in [4.69, 9.17) is 0 Å². The number of piperazine rings is 2. The molecule has 0 N–H and O–H groups in total. The SMILES string of the molecule is CC(=O)N1CCN(C(=O)[C@H]2Cc3cc(C(F)(F)F)ccc3N3CCN(c4ncccn4)C[C@H]23)CC1. The van der Waals surface area contributed by atoms with Crippen LogP contribution >= 0.6 is 0 Å². The van der Waals surface area contributed by atoms with Crippen molar-refractivity contribution in [2.75, 3.05) is 55.6 Å². The molecule has 0 bridgehead atoms. The molecule has 1 aromatic heterocycles. The van der Waals surface area contributed by atoms with Crippen LogP contribution in [0.2, 0.25) is 0 Å². The van der Waals surface area contributed by atoms with Gasteiger partial charge in [0.15, 0.2) is 0 Å². The molecule has 3 aliphatic heterocycles. The van der Waals surface area contributed by atoms with Gasteiger partial charge in [0, 0.05) is 70.8 Å². The van der Waals surface area contributed by atoms with Crippen molar-refractivity contribution in [2.24, 2.45) is 5.92 Å². The second-order valence-corrected chi connectivity index (χ2v) is 9.24. The molecule has 0 unspecified atom stereocenters. The molecular formula is C24H27F3N6O2. The van der Waals surface area contributed by atoms with Gasteiger partial charge in [-0.1, -0.05) is 0 Å². The molecule has 5 rings (SSSR count). The number of fused-ring (bicyclic) bond motifs is 3. The highest BCUT2D eigenvalue weighted by Gasteiger charge is 2.44. The van der Waals surface area contributed by atoms with Gasteiger partial charge in [-0.15, -0.1) is 0 Å². The fourth-order valence-corrected chi connectivity index (χ4v) is 5.40. The standard InChI is InChI=1S/C24H27F3N6O2/c1-16(34)30-7-9-31(10-8-30)22(35)19-14-17-13-18(24(25,26)27)3-4-20(17)33-12-11-32(15-21(19)33)23-28-5-2-6-29-23/h2-6,13,19,21H,7-12,14-15H2,1H3/t19-,21+/m0/s1. The molecule has 2 aromatic rings. The molecule has 2 fully saturated rings. The summed E-state index contributed by atoms with van der Waals surface area (Å²) < 4.78 is 40.3. The Labute approximate surface area is 201 Å². The number of aromatic nitrogens is 2. The number of carbonyl (C=O) groups excluding carboxylic acids is 2. The van der Waals surface area contributed by atoms with Gasteiger partial charge in [-0.2, -0.15) is 13.2 Å². The average molecular weight is 489 g/mol. The minimum absolute atomic E-state index is 0.0275. The Balaban J connectivity index is 1.45. The first-order chi connectivity index (χ1) is 16.7. The zero-order valence-electron chi connectivity index (χ0n) is 19.4. The van der Waals surface area contributed by atoms with Crippen LogP contribution in [0.3, 0.4) is 0 Å². The first-order valence-corrected chi connectivity index (χ1v) is 11.8. The number of carbonyl (C=O) groups is 2. The number of alkyl halides is 3. The molecule has 186 valence electrons. The summed E-state index contributed by atoms with van der Waals surface area (Å²) in [4.78, 5) is 41.7. The van der Waals surface area contributed by atoms with E-state index in [1.165, 1.54) is 19.1 Å². The highest BCUT2D eigenvalue weighted by molar-refractivity contribution is 5.83. The molecule has 0 saturated carbocycles. The van der Waals surface area contributed by atoms with E-state index in [1.807, 2.05) is 4.90 Å². The van der Waals surface area contributed by atoms with Gasteiger partial charge < -0.3 is 19.6 Å². The molecule has 0 aliphatic carbocycles. The maximum atomic E-state index is 13.7. The van der Waals surface area contributed by atoms with Crippen molar-refractivity contribution in [3.63, 3.8) is 0 Å². The zero-order valence-corrected chi connectivity index (χ0v) is 19.4. The summed E-state index contributed by atoms with van der Waals surface area (Å²) in [6, 6.07) is 5.35. The van der Waals surface area contributed by atoms with Crippen molar-refractivity contribution in [3.05, 3.63) is 47.8 Å². The molecule has 2 amide bonds. The van der Waals surface area contributed by atoms with Crippen molar-refractivity contribution in [2.45, 2.75) is 25.6 Å². The molecule has 3 aliphatic rings. The highest BCUT2D eigenvalue weighted by atomic mass is 19.4. The Morgan fingerprint density at radius 3 is 2.31 bits per heavy atom. The first kappa shape index (κ1) is 23.4. The lowest BCUT2D eigenvalue weighted by molar-refractivity contribution is -0.142. The quantitative estimate of drug-likeness (QED) is 0.645. The summed E-state index contributed by atoms with van der Waals surface area (Å²) in [7, 11) is 0. The fraction of sp³-hybridized carbons (Fsp3) is 0.500. The van der Waals surface area contributed by atoms with Crippen LogP contribution in [0.15, 0.2) is 36.7 Å². The molecule has 2 atom stereocenters. The summed E-state index contributed by atoms with van der Waals surface area (Å²) in [5, 5.41) is 0. The topological polar surface area (TPSA) is 72.9 Å². The third kappa shape index (κ3) is 4.51. The summed E-state index contributed by atoms with van der Waals surface area (Å²) in [6.07, 6.45) is -0.880. The Morgan fingerprint density at radius 2 is 1.66 bits per heavy atom. The van der Waals surface area contributed by atoms with Crippen molar-refractivity contribution >= 4 is 23.5 Å². The third-order valence-corrected chi connectivity index (χ3v) is 7.23. The second kappa shape index (κ2) is 9.01. The van der Waals surface area contributed by atoms with E-state index < -0.39 is 17.7 Å². The van der Waals surface area contributed by atoms with Crippen molar-refractivity contribution < 1.29 is 22.8 Å². The first-order valence-electron chi connectivity index (χ1n) is 11.8. The summed E-state index contributed by atoms with van der Waals surface area (Å²) in [6.45, 7) is 4.90. The second-order valence-electron chi connectivity index (χ2n) is 9.24. The van der Waals surface area contributed by atoms with Gasteiger partial charge in [0.05, 0.1) is 17.5 Å². The summed E-state index contributed by atoms with van der Waals surface area (Å²) in [5.74, 6) is -0.0459. The predicted octanol–water partition coefficient (Wildman–Crippen LogP) is 2.05. The lowest BCUT2D eigenvalue weighted by atomic mass is 9.82. The third-order valence-electron chi connectivity index (χ3n) is 7.23. The van der Waals surface area contributed by atoms with Crippen LogP contribution in [0.25, 0.3) is 0 Å². The van der Waals surface area contributed by atoms with Gasteiger partial charge in [0.25, 0.3) is 0 Å². The van der Waals surface area contributed by atoms with E-state index in [9.17, 15) is 22.8 Å². The van der Waals surface area contributed by atoms with E-state index in [0.717, 1.165) is 11.8 Å². The minimum atomic E-state index is -4.45. The maximum absolute atomic E-state index is 13.7. The molecule has 35 heavy (non-hydrogen) atoms. The summed E-state index contributed by atoms with van der Waals surface area (Å²) >= 11 is 0. The van der Waals surface area contributed by atoms with Gasteiger partial charge in [-0.25, -0.2) is 9.97 Å². The van der Waals surface area contributed by atoms with Crippen molar-refractivity contribution in [3.8, 4) is 0 Å². The van der Waals surface area contributed by atoms with E-state index in [-0.39, 0.29) is 24.3 Å². The van der Waals surface area contributed by atoms with Crippen LogP contribution in [0.5, 0.6) is 0 Å². The monoisotopic (exact) mass is 488 g/mol. The van der Waals surface area contributed by atoms with Gasteiger partial charge in [-0.05, 0) is 36.2 Å². The van der Waals surface area contributed by atoms with E-state index in [1.54, 1.807) is 28.3 Å². The number of anilines is 2. The number of amides is 2. The minimum Gasteiger partial charge on any atom is -0.364 e. The molecular weight excluding hydrogens is 461 g/mol. The van der Waals surface area contributed by atoms with Crippen LogP contribution < -0.4 is 9.80 Å². The average Bonchev–Trinajstić information content (AvgIpc) is 2.87. The van der Waals surface area contributed by atoms with Gasteiger partial charge in [-0.3, -0.25) is 9.59 Å².